The van der Waals surface area contributed by atoms with E-state index in [-0.39, 0.29) is 0 Å². The first-order valence-corrected chi connectivity index (χ1v) is 6.78. The summed E-state index contributed by atoms with van der Waals surface area (Å²) in [6.45, 7) is 2.50. The van der Waals surface area contributed by atoms with Gasteiger partial charge in [-0.05, 0) is 37.7 Å². The van der Waals surface area contributed by atoms with Crippen molar-refractivity contribution in [2.75, 3.05) is 47.6 Å². The smallest absolute Gasteiger partial charge is 0.119 e. The summed E-state index contributed by atoms with van der Waals surface area (Å²) >= 11 is 0. The molecule has 20 heavy (non-hydrogen) atoms. The van der Waals surface area contributed by atoms with Crippen molar-refractivity contribution in [3.8, 4) is 11.5 Å². The van der Waals surface area contributed by atoms with Gasteiger partial charge in [0.15, 0.2) is 0 Å². The Morgan fingerprint density at radius 1 is 1.15 bits per heavy atom. The number of likely N-dealkylation sites (N-methyl/N-ethyl adjacent to an activating group) is 1. The lowest BCUT2D eigenvalue weighted by Crippen LogP contribution is -2.33. The Hall–Kier alpha value is -1.30. The predicted octanol–water partition coefficient (Wildman–Crippen LogP) is 1.40. The van der Waals surface area contributed by atoms with Crippen LogP contribution in [0.3, 0.4) is 0 Å². The van der Waals surface area contributed by atoms with Gasteiger partial charge >= 0.3 is 0 Å². The largest absolute Gasteiger partial charge is 0.497 e. The molecule has 1 aromatic carbocycles. The predicted molar refractivity (Wildman–Crippen MR) is 78.5 cm³/mol. The molecule has 0 aliphatic carbocycles. The van der Waals surface area contributed by atoms with Crippen LogP contribution in [0.5, 0.6) is 11.5 Å². The van der Waals surface area contributed by atoms with Crippen molar-refractivity contribution in [2.24, 2.45) is 0 Å². The van der Waals surface area contributed by atoms with Crippen LogP contribution in [0, 0.1) is 0 Å². The molecule has 1 N–H and O–H groups in total. The highest BCUT2D eigenvalue weighted by Gasteiger charge is 2.07. The summed E-state index contributed by atoms with van der Waals surface area (Å²) in [5.74, 6) is 1.66. The van der Waals surface area contributed by atoms with Crippen LogP contribution in [0.1, 0.15) is 6.42 Å². The zero-order valence-corrected chi connectivity index (χ0v) is 12.5. The fourth-order valence-electron chi connectivity index (χ4n) is 1.89. The van der Waals surface area contributed by atoms with Gasteiger partial charge in [0.2, 0.25) is 0 Å². The molecule has 114 valence electrons. The molecule has 0 heterocycles. The SMILES string of the molecule is COC[C@@H](O)CN(C)CCCOc1ccc(OC)cc1. The molecule has 0 fully saturated rings. The van der Waals surface area contributed by atoms with Crippen LogP contribution in [-0.2, 0) is 4.74 Å². The molecule has 0 aliphatic rings. The van der Waals surface area contributed by atoms with Gasteiger partial charge in [-0.1, -0.05) is 0 Å². The molecule has 0 aromatic heterocycles. The number of ether oxygens (including phenoxy) is 3. The number of nitrogens with zero attached hydrogens (tertiary/aromatic N) is 1. The first-order valence-electron chi connectivity index (χ1n) is 6.78. The monoisotopic (exact) mass is 283 g/mol. The number of hydrogen-bond donors (Lipinski definition) is 1. The number of hydrogen-bond acceptors (Lipinski definition) is 5. The van der Waals surface area contributed by atoms with E-state index < -0.39 is 6.10 Å². The van der Waals surface area contributed by atoms with Gasteiger partial charge in [0.1, 0.15) is 11.5 Å². The minimum atomic E-state index is -0.437. The molecule has 0 unspecified atom stereocenters. The number of methoxy groups -OCH3 is 2. The van der Waals surface area contributed by atoms with Crippen LogP contribution < -0.4 is 9.47 Å². The second kappa shape index (κ2) is 9.58. The van der Waals surface area contributed by atoms with Crippen LogP contribution in [0.4, 0.5) is 0 Å². The number of aliphatic hydroxyl groups excluding tert-OH is 1. The summed E-state index contributed by atoms with van der Waals surface area (Å²) in [6.07, 6.45) is 0.467. The van der Waals surface area contributed by atoms with E-state index in [0.29, 0.717) is 19.8 Å². The Bertz CT molecular complexity index is 355. The summed E-state index contributed by atoms with van der Waals surface area (Å²) < 4.78 is 15.6. The van der Waals surface area contributed by atoms with Crippen molar-refractivity contribution in [3.05, 3.63) is 24.3 Å². The van der Waals surface area contributed by atoms with Crippen molar-refractivity contribution in [1.82, 2.24) is 4.90 Å². The Kier molecular flexibility index (Phi) is 8.02. The Balaban J connectivity index is 2.14. The van der Waals surface area contributed by atoms with E-state index in [0.717, 1.165) is 24.5 Å². The summed E-state index contributed by atoms with van der Waals surface area (Å²) in [6, 6.07) is 7.54. The lowest BCUT2D eigenvalue weighted by Gasteiger charge is -2.20. The Morgan fingerprint density at radius 2 is 1.80 bits per heavy atom. The molecule has 1 aromatic rings. The molecular formula is C15H25NO4. The molecule has 0 spiro atoms. The first kappa shape index (κ1) is 16.8. The average molecular weight is 283 g/mol. The lowest BCUT2D eigenvalue weighted by atomic mass is 10.3. The molecule has 0 aliphatic heterocycles. The highest BCUT2D eigenvalue weighted by molar-refractivity contribution is 5.31. The van der Waals surface area contributed by atoms with Gasteiger partial charge in [-0.25, -0.2) is 0 Å². The Labute approximate surface area is 121 Å². The van der Waals surface area contributed by atoms with Crippen LogP contribution >= 0.6 is 0 Å². The molecular weight excluding hydrogens is 258 g/mol. The molecule has 1 rings (SSSR count). The number of rotatable bonds is 10. The maximum absolute atomic E-state index is 9.59. The summed E-state index contributed by atoms with van der Waals surface area (Å²) in [5, 5.41) is 9.59. The van der Waals surface area contributed by atoms with Crippen LogP contribution in [0.15, 0.2) is 24.3 Å². The van der Waals surface area contributed by atoms with Crippen molar-refractivity contribution in [1.29, 1.82) is 0 Å². The van der Waals surface area contributed by atoms with Gasteiger partial charge in [-0.2, -0.15) is 0 Å². The second-order valence-electron chi connectivity index (χ2n) is 4.75. The maximum atomic E-state index is 9.59. The highest BCUT2D eigenvalue weighted by atomic mass is 16.5. The topological polar surface area (TPSA) is 51.2 Å². The molecule has 0 amide bonds. The van der Waals surface area contributed by atoms with E-state index in [2.05, 4.69) is 4.90 Å². The Morgan fingerprint density at radius 3 is 2.40 bits per heavy atom. The zero-order chi connectivity index (χ0) is 14.8. The minimum absolute atomic E-state index is 0.368. The van der Waals surface area contributed by atoms with E-state index in [9.17, 15) is 5.11 Å². The third-order valence-electron chi connectivity index (χ3n) is 2.89. The quantitative estimate of drug-likeness (QED) is 0.658. The van der Waals surface area contributed by atoms with Crippen molar-refractivity contribution in [3.63, 3.8) is 0 Å². The van der Waals surface area contributed by atoms with E-state index in [4.69, 9.17) is 14.2 Å². The fraction of sp³-hybridized carbons (Fsp3) is 0.600. The molecule has 1 atom stereocenters. The van der Waals surface area contributed by atoms with Crippen LogP contribution in [0.2, 0.25) is 0 Å². The normalized spacial score (nSPS) is 12.4. The van der Waals surface area contributed by atoms with E-state index in [1.807, 2.05) is 31.3 Å². The van der Waals surface area contributed by atoms with Gasteiger partial charge in [0.25, 0.3) is 0 Å². The third kappa shape index (κ3) is 6.75. The van der Waals surface area contributed by atoms with E-state index in [1.165, 1.54) is 0 Å². The zero-order valence-electron chi connectivity index (χ0n) is 12.5. The van der Waals surface area contributed by atoms with Gasteiger partial charge in [0.05, 0.1) is 26.4 Å². The molecule has 0 radical (unpaired) electrons. The van der Waals surface area contributed by atoms with Crippen LogP contribution in [0.25, 0.3) is 0 Å². The van der Waals surface area contributed by atoms with Crippen molar-refractivity contribution < 1.29 is 19.3 Å². The minimum Gasteiger partial charge on any atom is -0.497 e. The van der Waals surface area contributed by atoms with Crippen molar-refractivity contribution >= 4 is 0 Å². The van der Waals surface area contributed by atoms with E-state index >= 15 is 0 Å². The summed E-state index contributed by atoms with van der Waals surface area (Å²) in [4.78, 5) is 2.07. The maximum Gasteiger partial charge on any atom is 0.119 e. The van der Waals surface area contributed by atoms with Crippen LogP contribution in [-0.4, -0.2) is 63.7 Å². The molecule has 5 heteroatoms. The van der Waals surface area contributed by atoms with Gasteiger partial charge in [0, 0.05) is 20.2 Å². The molecule has 0 bridgehead atoms. The average Bonchev–Trinajstić information content (AvgIpc) is 2.44. The highest BCUT2D eigenvalue weighted by Crippen LogP contribution is 2.16. The first-order chi connectivity index (χ1) is 9.65. The molecule has 5 nitrogen and oxygen atoms in total. The van der Waals surface area contributed by atoms with Gasteiger partial charge in [-0.3, -0.25) is 0 Å². The van der Waals surface area contributed by atoms with Crippen molar-refractivity contribution in [2.45, 2.75) is 12.5 Å². The standard InChI is InChI=1S/C15H25NO4/c1-16(11-13(17)12-18-2)9-4-10-20-15-7-5-14(19-3)6-8-15/h5-8,13,17H,4,9-12H2,1-3H3/t13-/m0/s1. The molecule has 0 saturated carbocycles. The van der Waals surface area contributed by atoms with E-state index in [1.54, 1.807) is 14.2 Å². The van der Waals surface area contributed by atoms with Gasteiger partial charge in [-0.15, -0.1) is 0 Å². The third-order valence-corrected chi connectivity index (χ3v) is 2.89. The lowest BCUT2D eigenvalue weighted by molar-refractivity contribution is 0.0424. The second-order valence-corrected chi connectivity index (χ2v) is 4.75. The number of aliphatic hydroxyl groups is 1. The summed E-state index contributed by atoms with van der Waals surface area (Å²) in [5.41, 5.74) is 0. The molecule has 0 saturated heterocycles. The summed E-state index contributed by atoms with van der Waals surface area (Å²) in [7, 11) is 5.21. The fourth-order valence-corrected chi connectivity index (χ4v) is 1.89. The number of benzene rings is 1. The van der Waals surface area contributed by atoms with Gasteiger partial charge < -0.3 is 24.2 Å².